The number of halogens is 1. The van der Waals surface area contributed by atoms with Crippen molar-refractivity contribution >= 4 is 23.3 Å². The molecule has 1 heterocycles. The second kappa shape index (κ2) is 6.56. The molecule has 1 unspecified atom stereocenters. The molecular weight excluding hydrogens is 254 g/mol. The molecule has 0 spiro atoms. The lowest BCUT2D eigenvalue weighted by molar-refractivity contribution is 0.0633. The second-order valence-corrected chi connectivity index (χ2v) is 4.43. The molecule has 0 saturated carbocycles. The van der Waals surface area contributed by atoms with Crippen LogP contribution in [-0.4, -0.2) is 49.6 Å². The van der Waals surface area contributed by atoms with Gasteiger partial charge in [-0.05, 0) is 13.0 Å². The standard InChI is InChI=1S/C12H18ClN3O2/c1-8(7-18-4)16(3)12(17)9-5-10(13)11(14-2)15-6-9/h5-6,8H,7H2,1-4H3,(H,14,15). The molecule has 1 rings (SSSR count). The van der Waals surface area contributed by atoms with Gasteiger partial charge in [-0.25, -0.2) is 4.98 Å². The van der Waals surface area contributed by atoms with Crippen molar-refractivity contribution in [2.75, 3.05) is 33.1 Å². The quantitative estimate of drug-likeness (QED) is 0.888. The monoisotopic (exact) mass is 271 g/mol. The molecule has 6 heteroatoms. The van der Waals surface area contributed by atoms with E-state index in [1.807, 2.05) is 6.92 Å². The van der Waals surface area contributed by atoms with E-state index in [2.05, 4.69) is 10.3 Å². The lowest BCUT2D eigenvalue weighted by atomic mass is 10.2. The zero-order chi connectivity index (χ0) is 13.7. The summed E-state index contributed by atoms with van der Waals surface area (Å²) in [6, 6.07) is 1.60. The molecule has 0 radical (unpaired) electrons. The van der Waals surface area contributed by atoms with E-state index in [0.29, 0.717) is 23.0 Å². The maximum Gasteiger partial charge on any atom is 0.255 e. The third kappa shape index (κ3) is 3.34. The Labute approximate surface area is 112 Å². The van der Waals surface area contributed by atoms with Crippen LogP contribution in [0.15, 0.2) is 12.3 Å². The number of aromatic nitrogens is 1. The highest BCUT2D eigenvalue weighted by molar-refractivity contribution is 6.33. The van der Waals surface area contributed by atoms with Gasteiger partial charge >= 0.3 is 0 Å². The Morgan fingerprint density at radius 3 is 2.83 bits per heavy atom. The van der Waals surface area contributed by atoms with Crippen LogP contribution in [0, 0.1) is 0 Å². The molecule has 0 aliphatic rings. The van der Waals surface area contributed by atoms with Crippen molar-refractivity contribution in [1.82, 2.24) is 9.88 Å². The molecule has 0 aliphatic carbocycles. The number of anilines is 1. The van der Waals surface area contributed by atoms with Crippen LogP contribution >= 0.6 is 11.6 Å². The maximum absolute atomic E-state index is 12.2. The van der Waals surface area contributed by atoms with Crippen LogP contribution in [0.3, 0.4) is 0 Å². The number of nitrogens with zero attached hydrogens (tertiary/aromatic N) is 2. The van der Waals surface area contributed by atoms with Crippen molar-refractivity contribution < 1.29 is 9.53 Å². The summed E-state index contributed by atoms with van der Waals surface area (Å²) in [4.78, 5) is 17.9. The first-order valence-corrected chi connectivity index (χ1v) is 5.98. The topological polar surface area (TPSA) is 54.5 Å². The van der Waals surface area contributed by atoms with E-state index in [-0.39, 0.29) is 11.9 Å². The summed E-state index contributed by atoms with van der Waals surface area (Å²) in [5.74, 6) is 0.428. The van der Waals surface area contributed by atoms with Gasteiger partial charge in [0.05, 0.1) is 23.2 Å². The first kappa shape index (κ1) is 14.7. The maximum atomic E-state index is 12.2. The van der Waals surface area contributed by atoms with Gasteiger partial charge in [-0.1, -0.05) is 11.6 Å². The molecular formula is C12H18ClN3O2. The number of nitrogens with one attached hydrogen (secondary N) is 1. The third-order valence-corrected chi connectivity index (χ3v) is 3.00. The molecule has 1 aromatic rings. The first-order chi connectivity index (χ1) is 8.51. The van der Waals surface area contributed by atoms with E-state index in [4.69, 9.17) is 16.3 Å². The Hall–Kier alpha value is -1.33. The normalized spacial score (nSPS) is 12.1. The van der Waals surface area contributed by atoms with E-state index in [9.17, 15) is 4.79 Å². The van der Waals surface area contributed by atoms with Gasteiger partial charge in [0.1, 0.15) is 5.82 Å². The number of likely N-dealkylation sites (N-methyl/N-ethyl adjacent to an activating group) is 1. The van der Waals surface area contributed by atoms with Gasteiger partial charge in [0.25, 0.3) is 5.91 Å². The molecule has 1 amide bonds. The van der Waals surface area contributed by atoms with Crippen molar-refractivity contribution in [3.8, 4) is 0 Å². The van der Waals surface area contributed by atoms with Gasteiger partial charge in [-0.2, -0.15) is 0 Å². The van der Waals surface area contributed by atoms with Crippen LogP contribution < -0.4 is 5.32 Å². The van der Waals surface area contributed by atoms with Gasteiger partial charge in [-0.15, -0.1) is 0 Å². The van der Waals surface area contributed by atoms with Gasteiger partial charge in [0.15, 0.2) is 0 Å². The minimum atomic E-state index is -0.128. The Morgan fingerprint density at radius 1 is 1.67 bits per heavy atom. The molecule has 18 heavy (non-hydrogen) atoms. The van der Waals surface area contributed by atoms with Crippen LogP contribution in [0.2, 0.25) is 5.02 Å². The van der Waals surface area contributed by atoms with E-state index >= 15 is 0 Å². The molecule has 1 aromatic heterocycles. The number of carbonyl (C=O) groups is 1. The summed E-state index contributed by atoms with van der Waals surface area (Å²) in [5, 5.41) is 3.27. The summed E-state index contributed by atoms with van der Waals surface area (Å²) in [6.45, 7) is 2.40. The first-order valence-electron chi connectivity index (χ1n) is 5.60. The van der Waals surface area contributed by atoms with Gasteiger partial charge in [0, 0.05) is 27.4 Å². The van der Waals surface area contributed by atoms with E-state index in [1.165, 1.54) is 6.20 Å². The number of carbonyl (C=O) groups excluding carboxylic acids is 1. The van der Waals surface area contributed by atoms with Crippen LogP contribution in [0.5, 0.6) is 0 Å². The Balaban J connectivity index is 2.87. The smallest absolute Gasteiger partial charge is 0.255 e. The van der Waals surface area contributed by atoms with Crippen molar-refractivity contribution in [2.45, 2.75) is 13.0 Å². The Bertz CT molecular complexity index is 426. The predicted molar refractivity (Wildman–Crippen MR) is 72.2 cm³/mol. The van der Waals surface area contributed by atoms with Crippen molar-refractivity contribution in [1.29, 1.82) is 0 Å². The molecule has 0 saturated heterocycles. The molecule has 0 aromatic carbocycles. The minimum absolute atomic E-state index is 0.00903. The summed E-state index contributed by atoms with van der Waals surface area (Å²) >= 11 is 6.00. The fourth-order valence-electron chi connectivity index (χ4n) is 1.50. The number of hydrogen-bond donors (Lipinski definition) is 1. The molecule has 100 valence electrons. The lowest BCUT2D eigenvalue weighted by Crippen LogP contribution is -2.37. The number of ether oxygens (including phenoxy) is 1. The molecule has 0 bridgehead atoms. The average molecular weight is 272 g/mol. The lowest BCUT2D eigenvalue weighted by Gasteiger charge is -2.24. The molecule has 0 fully saturated rings. The fourth-order valence-corrected chi connectivity index (χ4v) is 1.76. The highest BCUT2D eigenvalue weighted by atomic mass is 35.5. The van der Waals surface area contributed by atoms with Crippen LogP contribution in [-0.2, 0) is 4.74 Å². The zero-order valence-electron chi connectivity index (χ0n) is 11.0. The van der Waals surface area contributed by atoms with Gasteiger partial charge in [-0.3, -0.25) is 4.79 Å². The van der Waals surface area contributed by atoms with Crippen molar-refractivity contribution in [3.63, 3.8) is 0 Å². The van der Waals surface area contributed by atoms with E-state index in [0.717, 1.165) is 0 Å². The molecule has 1 atom stereocenters. The summed E-state index contributed by atoms with van der Waals surface area (Å²) in [5.41, 5.74) is 0.462. The van der Waals surface area contributed by atoms with Gasteiger partial charge in [0.2, 0.25) is 0 Å². The van der Waals surface area contributed by atoms with Crippen molar-refractivity contribution in [3.05, 3.63) is 22.8 Å². The number of amides is 1. The largest absolute Gasteiger partial charge is 0.383 e. The Morgan fingerprint density at radius 2 is 2.33 bits per heavy atom. The average Bonchev–Trinajstić information content (AvgIpc) is 2.37. The van der Waals surface area contributed by atoms with Crippen LogP contribution in [0.25, 0.3) is 0 Å². The molecule has 5 nitrogen and oxygen atoms in total. The highest BCUT2D eigenvalue weighted by Gasteiger charge is 2.18. The fraction of sp³-hybridized carbons (Fsp3) is 0.500. The molecule has 0 aliphatic heterocycles. The minimum Gasteiger partial charge on any atom is -0.383 e. The number of hydrogen-bond acceptors (Lipinski definition) is 4. The summed E-state index contributed by atoms with van der Waals surface area (Å²) in [6.07, 6.45) is 1.51. The van der Waals surface area contributed by atoms with Crippen LogP contribution in [0.4, 0.5) is 5.82 Å². The van der Waals surface area contributed by atoms with Gasteiger partial charge < -0.3 is 15.0 Å². The third-order valence-electron chi connectivity index (χ3n) is 2.71. The van der Waals surface area contributed by atoms with Crippen LogP contribution in [0.1, 0.15) is 17.3 Å². The SMILES string of the molecule is CNc1ncc(C(=O)N(C)C(C)COC)cc1Cl. The van der Waals surface area contributed by atoms with Crippen molar-refractivity contribution in [2.24, 2.45) is 0 Å². The number of rotatable bonds is 5. The van der Waals surface area contributed by atoms with E-state index < -0.39 is 0 Å². The Kier molecular flexibility index (Phi) is 5.37. The number of pyridine rings is 1. The summed E-state index contributed by atoms with van der Waals surface area (Å²) in [7, 11) is 5.06. The predicted octanol–water partition coefficient (Wildman–Crippen LogP) is 1.88. The van der Waals surface area contributed by atoms with E-state index in [1.54, 1.807) is 32.2 Å². The molecule has 1 N–H and O–H groups in total. The zero-order valence-corrected chi connectivity index (χ0v) is 11.8. The highest BCUT2D eigenvalue weighted by Crippen LogP contribution is 2.20. The second-order valence-electron chi connectivity index (χ2n) is 4.02. The summed E-state index contributed by atoms with van der Waals surface area (Å²) < 4.78 is 5.03. The number of methoxy groups -OCH3 is 1.